The van der Waals surface area contributed by atoms with Gasteiger partial charge in [-0.05, 0) is 51.7 Å². The molecule has 114 valence electrons. The Labute approximate surface area is 115 Å². The SMILES string of the molecule is CCCNC1(CO)CCCC1CCN(C)CC(F)F. The van der Waals surface area contributed by atoms with E-state index in [2.05, 4.69) is 12.2 Å². The minimum absolute atomic E-state index is 0.149. The molecule has 0 aromatic heterocycles. The predicted molar refractivity (Wildman–Crippen MR) is 73.6 cm³/mol. The molecule has 0 aromatic carbocycles. The number of aliphatic hydroxyl groups is 1. The van der Waals surface area contributed by atoms with Gasteiger partial charge in [0.25, 0.3) is 6.43 Å². The van der Waals surface area contributed by atoms with Crippen molar-refractivity contribution >= 4 is 0 Å². The first-order chi connectivity index (χ1) is 9.04. The van der Waals surface area contributed by atoms with Crippen molar-refractivity contribution in [2.45, 2.75) is 51.0 Å². The number of nitrogens with one attached hydrogen (secondary N) is 1. The topological polar surface area (TPSA) is 35.5 Å². The number of hydrogen-bond donors (Lipinski definition) is 2. The molecular weight excluding hydrogens is 250 g/mol. The summed E-state index contributed by atoms with van der Waals surface area (Å²) in [5.41, 5.74) is -0.179. The summed E-state index contributed by atoms with van der Waals surface area (Å²) in [7, 11) is 1.74. The maximum Gasteiger partial charge on any atom is 0.251 e. The van der Waals surface area contributed by atoms with Crippen LogP contribution in [0.3, 0.4) is 0 Å². The zero-order chi connectivity index (χ0) is 14.3. The fourth-order valence-electron chi connectivity index (χ4n) is 3.14. The van der Waals surface area contributed by atoms with Crippen LogP contribution >= 0.6 is 0 Å². The Bertz CT molecular complexity index is 254. The van der Waals surface area contributed by atoms with Gasteiger partial charge in [-0.2, -0.15) is 0 Å². The van der Waals surface area contributed by atoms with Gasteiger partial charge in [0.05, 0.1) is 13.2 Å². The van der Waals surface area contributed by atoms with Crippen LogP contribution in [0.1, 0.15) is 39.0 Å². The average Bonchev–Trinajstić information content (AvgIpc) is 2.76. The summed E-state index contributed by atoms with van der Waals surface area (Å²) < 4.78 is 24.6. The number of rotatable bonds is 9. The van der Waals surface area contributed by atoms with Crippen LogP contribution in [0.15, 0.2) is 0 Å². The van der Waals surface area contributed by atoms with Crippen LogP contribution in [0.4, 0.5) is 8.78 Å². The second-order valence-electron chi connectivity index (χ2n) is 5.77. The van der Waals surface area contributed by atoms with Crippen LogP contribution in [-0.4, -0.2) is 55.3 Å². The zero-order valence-corrected chi connectivity index (χ0v) is 12.2. The summed E-state index contributed by atoms with van der Waals surface area (Å²) in [5, 5.41) is 13.2. The Balaban J connectivity index is 2.45. The van der Waals surface area contributed by atoms with Gasteiger partial charge in [-0.15, -0.1) is 0 Å². The van der Waals surface area contributed by atoms with Crippen molar-refractivity contribution in [2.75, 3.05) is 33.3 Å². The number of hydrogen-bond acceptors (Lipinski definition) is 3. The van der Waals surface area contributed by atoms with Gasteiger partial charge in [0.2, 0.25) is 0 Å². The summed E-state index contributed by atoms with van der Waals surface area (Å²) in [6, 6.07) is 0. The van der Waals surface area contributed by atoms with Crippen LogP contribution in [0.5, 0.6) is 0 Å². The summed E-state index contributed by atoms with van der Waals surface area (Å²) in [4.78, 5) is 1.69. The van der Waals surface area contributed by atoms with Gasteiger partial charge in [0.15, 0.2) is 0 Å². The molecule has 3 nitrogen and oxygen atoms in total. The Morgan fingerprint density at radius 1 is 1.47 bits per heavy atom. The van der Waals surface area contributed by atoms with E-state index in [-0.39, 0.29) is 18.7 Å². The Morgan fingerprint density at radius 2 is 2.21 bits per heavy atom. The molecule has 2 unspecified atom stereocenters. The molecule has 2 atom stereocenters. The average molecular weight is 278 g/mol. The number of halogens is 2. The van der Waals surface area contributed by atoms with Crippen LogP contribution < -0.4 is 5.32 Å². The van der Waals surface area contributed by atoms with E-state index in [9.17, 15) is 13.9 Å². The minimum Gasteiger partial charge on any atom is -0.394 e. The molecule has 2 N–H and O–H groups in total. The normalized spacial score (nSPS) is 27.6. The van der Waals surface area contributed by atoms with Crippen molar-refractivity contribution in [3.05, 3.63) is 0 Å². The first-order valence-corrected chi connectivity index (χ1v) is 7.36. The molecule has 1 aliphatic rings. The lowest BCUT2D eigenvalue weighted by molar-refractivity contribution is 0.0854. The van der Waals surface area contributed by atoms with E-state index in [1.54, 1.807) is 11.9 Å². The fourth-order valence-corrected chi connectivity index (χ4v) is 3.14. The van der Waals surface area contributed by atoms with E-state index in [1.165, 1.54) is 0 Å². The third-order valence-electron chi connectivity index (χ3n) is 4.28. The van der Waals surface area contributed by atoms with Crippen molar-refractivity contribution in [1.82, 2.24) is 10.2 Å². The van der Waals surface area contributed by atoms with Crippen molar-refractivity contribution in [1.29, 1.82) is 0 Å². The van der Waals surface area contributed by atoms with Gasteiger partial charge in [0.1, 0.15) is 0 Å². The lowest BCUT2D eigenvalue weighted by Gasteiger charge is -2.36. The molecule has 0 aromatic rings. The number of nitrogens with zero attached hydrogens (tertiary/aromatic N) is 1. The molecule has 1 aliphatic carbocycles. The van der Waals surface area contributed by atoms with Crippen molar-refractivity contribution in [3.8, 4) is 0 Å². The molecule has 0 bridgehead atoms. The Morgan fingerprint density at radius 3 is 2.79 bits per heavy atom. The smallest absolute Gasteiger partial charge is 0.251 e. The Hall–Kier alpha value is -0.260. The lowest BCUT2D eigenvalue weighted by atomic mass is 9.85. The van der Waals surface area contributed by atoms with Gasteiger partial charge in [-0.1, -0.05) is 13.3 Å². The van der Waals surface area contributed by atoms with Crippen LogP contribution in [0.25, 0.3) is 0 Å². The third-order valence-corrected chi connectivity index (χ3v) is 4.28. The second kappa shape index (κ2) is 8.12. The Kier molecular flexibility index (Phi) is 7.18. The number of aliphatic hydroxyl groups excluding tert-OH is 1. The fraction of sp³-hybridized carbons (Fsp3) is 1.00. The molecule has 1 rings (SSSR count). The van der Waals surface area contributed by atoms with Crippen molar-refractivity contribution < 1.29 is 13.9 Å². The predicted octanol–water partition coefficient (Wildman–Crippen LogP) is 2.10. The van der Waals surface area contributed by atoms with Gasteiger partial charge in [-0.3, -0.25) is 0 Å². The highest BCUT2D eigenvalue weighted by Crippen LogP contribution is 2.37. The highest BCUT2D eigenvalue weighted by molar-refractivity contribution is 4.99. The van der Waals surface area contributed by atoms with E-state index < -0.39 is 6.43 Å². The number of alkyl halides is 2. The molecule has 1 saturated carbocycles. The van der Waals surface area contributed by atoms with E-state index >= 15 is 0 Å². The van der Waals surface area contributed by atoms with E-state index in [0.29, 0.717) is 12.5 Å². The standard InChI is InChI=1S/C14H28F2N2O/c1-3-8-17-14(11-19)7-4-5-12(14)6-9-18(2)10-13(15)16/h12-13,17,19H,3-11H2,1-2H3. The van der Waals surface area contributed by atoms with Crippen LogP contribution in [0, 0.1) is 5.92 Å². The molecule has 0 heterocycles. The molecule has 0 saturated heterocycles. The van der Waals surface area contributed by atoms with E-state index in [1.807, 2.05) is 0 Å². The van der Waals surface area contributed by atoms with Crippen LogP contribution in [-0.2, 0) is 0 Å². The summed E-state index contributed by atoms with van der Waals surface area (Å²) >= 11 is 0. The minimum atomic E-state index is -2.27. The highest BCUT2D eigenvalue weighted by Gasteiger charge is 2.41. The summed E-state index contributed by atoms with van der Waals surface area (Å²) in [6.45, 7) is 3.67. The maximum atomic E-state index is 12.3. The van der Waals surface area contributed by atoms with Gasteiger partial charge < -0.3 is 15.3 Å². The van der Waals surface area contributed by atoms with Crippen LogP contribution in [0.2, 0.25) is 0 Å². The van der Waals surface area contributed by atoms with Crippen molar-refractivity contribution in [3.63, 3.8) is 0 Å². The van der Waals surface area contributed by atoms with Crippen molar-refractivity contribution in [2.24, 2.45) is 5.92 Å². The summed E-state index contributed by atoms with van der Waals surface area (Å²) in [5.74, 6) is 0.393. The molecule has 0 radical (unpaired) electrons. The molecular formula is C14H28F2N2O. The molecule has 0 amide bonds. The summed E-state index contributed by atoms with van der Waals surface area (Å²) in [6.07, 6.45) is 2.84. The molecule has 0 spiro atoms. The van der Waals surface area contributed by atoms with E-state index in [0.717, 1.165) is 38.6 Å². The molecule has 0 aliphatic heterocycles. The first kappa shape index (κ1) is 16.8. The van der Waals surface area contributed by atoms with E-state index in [4.69, 9.17) is 0 Å². The molecule has 1 fully saturated rings. The lowest BCUT2D eigenvalue weighted by Crippen LogP contribution is -2.52. The quantitative estimate of drug-likeness (QED) is 0.678. The molecule has 5 heteroatoms. The second-order valence-corrected chi connectivity index (χ2v) is 5.77. The zero-order valence-electron chi connectivity index (χ0n) is 12.2. The third kappa shape index (κ3) is 4.97. The van der Waals surface area contributed by atoms with Gasteiger partial charge in [-0.25, -0.2) is 8.78 Å². The molecule has 19 heavy (non-hydrogen) atoms. The highest BCUT2D eigenvalue weighted by atomic mass is 19.3. The van der Waals surface area contributed by atoms with Gasteiger partial charge >= 0.3 is 0 Å². The maximum absolute atomic E-state index is 12.3. The van der Waals surface area contributed by atoms with Gasteiger partial charge in [0, 0.05) is 5.54 Å². The first-order valence-electron chi connectivity index (χ1n) is 7.36. The monoisotopic (exact) mass is 278 g/mol. The largest absolute Gasteiger partial charge is 0.394 e.